The first kappa shape index (κ1) is 25.7. The molecule has 1 aliphatic heterocycles. The first-order valence-electron chi connectivity index (χ1n) is 11.8. The van der Waals surface area contributed by atoms with Crippen LogP contribution in [0.1, 0.15) is 53.9 Å². The second-order valence-corrected chi connectivity index (χ2v) is 9.81. The van der Waals surface area contributed by atoms with Crippen molar-refractivity contribution in [2.45, 2.75) is 32.2 Å². The molecule has 7 heteroatoms. The van der Waals surface area contributed by atoms with E-state index >= 15 is 0 Å². The quantitative estimate of drug-likeness (QED) is 0.219. The Morgan fingerprint density at radius 1 is 0.892 bits per heavy atom. The van der Waals surface area contributed by atoms with Crippen molar-refractivity contribution in [2.24, 2.45) is 0 Å². The van der Waals surface area contributed by atoms with Crippen LogP contribution in [0.5, 0.6) is 5.75 Å². The summed E-state index contributed by atoms with van der Waals surface area (Å²) in [5.74, 6) is -1.89. The molecule has 1 unspecified atom stereocenters. The third-order valence-corrected chi connectivity index (χ3v) is 6.45. The SMILES string of the molecule is COC(=O)c1cccc(N2C(=O)C(=O)/C(=C(/O)c3ccc(OC)cc3)C2c2ccc(C(C)(C)C)cc2)c1. The summed E-state index contributed by atoms with van der Waals surface area (Å²) < 4.78 is 10.0. The number of rotatable bonds is 5. The molecular weight excluding hydrogens is 470 g/mol. The van der Waals surface area contributed by atoms with Crippen molar-refractivity contribution in [2.75, 3.05) is 19.1 Å². The molecule has 1 atom stereocenters. The Kier molecular flexibility index (Phi) is 6.90. The molecule has 1 amide bonds. The monoisotopic (exact) mass is 499 g/mol. The molecule has 0 aromatic heterocycles. The van der Waals surface area contributed by atoms with E-state index in [1.807, 2.05) is 24.3 Å². The molecule has 3 aromatic rings. The Morgan fingerprint density at radius 3 is 2.11 bits per heavy atom. The molecule has 0 bridgehead atoms. The molecule has 1 fully saturated rings. The lowest BCUT2D eigenvalue weighted by Gasteiger charge is -2.27. The molecule has 3 aromatic carbocycles. The van der Waals surface area contributed by atoms with Gasteiger partial charge < -0.3 is 14.6 Å². The minimum Gasteiger partial charge on any atom is -0.507 e. The Hall–Kier alpha value is -4.39. The molecule has 0 radical (unpaired) electrons. The number of anilines is 1. The summed E-state index contributed by atoms with van der Waals surface area (Å²) in [6, 6.07) is 19.6. The van der Waals surface area contributed by atoms with Crippen molar-refractivity contribution in [1.82, 2.24) is 0 Å². The molecule has 0 aliphatic carbocycles. The van der Waals surface area contributed by atoms with E-state index in [2.05, 4.69) is 20.8 Å². The molecule has 1 N–H and O–H groups in total. The molecule has 7 nitrogen and oxygen atoms in total. The number of aliphatic hydroxyl groups is 1. The van der Waals surface area contributed by atoms with Crippen molar-refractivity contribution >= 4 is 29.1 Å². The van der Waals surface area contributed by atoms with Gasteiger partial charge in [-0.3, -0.25) is 14.5 Å². The summed E-state index contributed by atoms with van der Waals surface area (Å²) in [4.78, 5) is 40.3. The fourth-order valence-corrected chi connectivity index (χ4v) is 4.38. The summed E-state index contributed by atoms with van der Waals surface area (Å²) in [7, 11) is 2.80. The average Bonchev–Trinajstić information content (AvgIpc) is 3.17. The largest absolute Gasteiger partial charge is 0.507 e. The van der Waals surface area contributed by atoms with Crippen molar-refractivity contribution in [3.8, 4) is 5.75 Å². The maximum absolute atomic E-state index is 13.4. The molecule has 4 rings (SSSR count). The second kappa shape index (κ2) is 9.93. The lowest BCUT2D eigenvalue weighted by atomic mass is 9.85. The van der Waals surface area contributed by atoms with Crippen LogP contribution in [0.3, 0.4) is 0 Å². The number of ether oxygens (including phenoxy) is 2. The Morgan fingerprint density at radius 2 is 1.54 bits per heavy atom. The van der Waals surface area contributed by atoms with Gasteiger partial charge >= 0.3 is 5.97 Å². The lowest BCUT2D eigenvalue weighted by Crippen LogP contribution is -2.29. The molecule has 1 aliphatic rings. The number of nitrogens with zero attached hydrogens (tertiary/aromatic N) is 1. The summed E-state index contributed by atoms with van der Waals surface area (Å²) in [5.41, 5.74) is 2.53. The zero-order chi connectivity index (χ0) is 26.9. The average molecular weight is 500 g/mol. The Bertz CT molecular complexity index is 1380. The topological polar surface area (TPSA) is 93.1 Å². The maximum Gasteiger partial charge on any atom is 0.337 e. The van der Waals surface area contributed by atoms with Gasteiger partial charge in [-0.15, -0.1) is 0 Å². The van der Waals surface area contributed by atoms with Gasteiger partial charge in [0.2, 0.25) is 0 Å². The fraction of sp³-hybridized carbons (Fsp3) is 0.233. The van der Waals surface area contributed by atoms with E-state index in [1.165, 1.54) is 25.2 Å². The zero-order valence-corrected chi connectivity index (χ0v) is 21.4. The molecule has 1 heterocycles. The fourth-order valence-electron chi connectivity index (χ4n) is 4.38. The number of carbonyl (C=O) groups is 3. The van der Waals surface area contributed by atoms with Gasteiger partial charge in [0, 0.05) is 11.3 Å². The number of hydrogen-bond acceptors (Lipinski definition) is 6. The highest BCUT2D eigenvalue weighted by Gasteiger charge is 2.47. The first-order chi connectivity index (χ1) is 17.6. The molecule has 0 spiro atoms. The van der Waals surface area contributed by atoms with Crippen LogP contribution in [-0.2, 0) is 19.7 Å². The van der Waals surface area contributed by atoms with Crippen LogP contribution in [0.25, 0.3) is 5.76 Å². The number of ketones is 1. The summed E-state index contributed by atoms with van der Waals surface area (Å²) in [6.45, 7) is 6.28. The highest BCUT2D eigenvalue weighted by Crippen LogP contribution is 2.43. The van der Waals surface area contributed by atoms with Crippen LogP contribution in [-0.4, -0.2) is 37.0 Å². The smallest absolute Gasteiger partial charge is 0.337 e. The van der Waals surface area contributed by atoms with E-state index in [9.17, 15) is 19.5 Å². The molecule has 1 saturated heterocycles. The van der Waals surface area contributed by atoms with Crippen molar-refractivity contribution < 1.29 is 29.0 Å². The van der Waals surface area contributed by atoms with Gasteiger partial charge in [0.1, 0.15) is 11.5 Å². The second-order valence-electron chi connectivity index (χ2n) is 9.81. The van der Waals surface area contributed by atoms with Gasteiger partial charge in [0.05, 0.1) is 31.4 Å². The predicted molar refractivity (Wildman–Crippen MR) is 141 cm³/mol. The predicted octanol–water partition coefficient (Wildman–Crippen LogP) is 5.41. The number of methoxy groups -OCH3 is 2. The van der Waals surface area contributed by atoms with Crippen LogP contribution in [0.2, 0.25) is 0 Å². The highest BCUT2D eigenvalue weighted by molar-refractivity contribution is 6.51. The summed E-state index contributed by atoms with van der Waals surface area (Å²) in [6.07, 6.45) is 0. The van der Waals surface area contributed by atoms with Gasteiger partial charge in [-0.25, -0.2) is 4.79 Å². The van der Waals surface area contributed by atoms with E-state index in [0.29, 0.717) is 22.6 Å². The standard InChI is InChI=1S/C30H29NO6/c1-30(2,3)21-13-9-18(10-14-21)25-24(26(32)19-11-15-23(36-4)16-12-19)27(33)28(34)31(25)22-8-6-7-20(17-22)29(35)37-5/h6-17,25,32H,1-5H3/b26-24+. The van der Waals surface area contributed by atoms with Gasteiger partial charge in [-0.05, 0) is 59.0 Å². The highest BCUT2D eigenvalue weighted by atomic mass is 16.5. The van der Waals surface area contributed by atoms with E-state index in [4.69, 9.17) is 9.47 Å². The number of amides is 1. The zero-order valence-electron chi connectivity index (χ0n) is 21.4. The first-order valence-corrected chi connectivity index (χ1v) is 11.8. The summed E-state index contributed by atoms with van der Waals surface area (Å²) >= 11 is 0. The number of benzene rings is 3. The van der Waals surface area contributed by atoms with Crippen LogP contribution in [0.4, 0.5) is 5.69 Å². The molecule has 0 saturated carbocycles. The number of aliphatic hydroxyl groups excluding tert-OH is 1. The number of hydrogen-bond donors (Lipinski definition) is 1. The molecule has 37 heavy (non-hydrogen) atoms. The van der Waals surface area contributed by atoms with Crippen molar-refractivity contribution in [3.63, 3.8) is 0 Å². The van der Waals surface area contributed by atoms with Crippen molar-refractivity contribution in [1.29, 1.82) is 0 Å². The van der Waals surface area contributed by atoms with Gasteiger partial charge in [-0.1, -0.05) is 51.1 Å². The van der Waals surface area contributed by atoms with Gasteiger partial charge in [0.15, 0.2) is 0 Å². The Balaban J connectivity index is 1.92. The van der Waals surface area contributed by atoms with E-state index < -0.39 is 23.7 Å². The maximum atomic E-state index is 13.4. The van der Waals surface area contributed by atoms with Crippen LogP contribution < -0.4 is 9.64 Å². The van der Waals surface area contributed by atoms with Gasteiger partial charge in [-0.2, -0.15) is 0 Å². The minimum absolute atomic E-state index is 0.0397. The third-order valence-electron chi connectivity index (χ3n) is 6.45. The van der Waals surface area contributed by atoms with E-state index in [1.54, 1.807) is 42.5 Å². The van der Waals surface area contributed by atoms with E-state index in [0.717, 1.165) is 5.56 Å². The Labute approximate surface area is 215 Å². The number of carbonyl (C=O) groups excluding carboxylic acids is 3. The molecule has 190 valence electrons. The third kappa shape index (κ3) is 4.85. The minimum atomic E-state index is -0.913. The van der Waals surface area contributed by atoms with Crippen LogP contribution in [0, 0.1) is 0 Å². The van der Waals surface area contributed by atoms with Crippen LogP contribution in [0.15, 0.2) is 78.4 Å². The van der Waals surface area contributed by atoms with Crippen LogP contribution >= 0.6 is 0 Å². The molecular formula is C30H29NO6. The van der Waals surface area contributed by atoms with Gasteiger partial charge in [0.25, 0.3) is 11.7 Å². The summed E-state index contributed by atoms with van der Waals surface area (Å²) in [5, 5.41) is 11.3. The lowest BCUT2D eigenvalue weighted by molar-refractivity contribution is -0.132. The number of Topliss-reactive ketones (excluding diaryl/α,β-unsaturated/α-hetero) is 1. The normalized spacial score (nSPS) is 17.1. The van der Waals surface area contributed by atoms with E-state index in [-0.39, 0.29) is 22.3 Å². The van der Waals surface area contributed by atoms with Crippen molar-refractivity contribution in [3.05, 3.63) is 101 Å². The number of esters is 1.